The Kier molecular flexibility index (Phi) is 6.07. The number of anilines is 1. The van der Waals surface area contributed by atoms with Crippen molar-refractivity contribution in [3.8, 4) is 0 Å². The van der Waals surface area contributed by atoms with Gasteiger partial charge in [-0.25, -0.2) is 4.68 Å². The van der Waals surface area contributed by atoms with Gasteiger partial charge in [-0.1, -0.05) is 17.3 Å². The van der Waals surface area contributed by atoms with Crippen LogP contribution in [0.3, 0.4) is 0 Å². The number of ether oxygens (including phenoxy) is 1. The SMILES string of the molecule is Cc1cnnn1C(c1cccc(N2Cc3c(cc(CNC4(C)CCC4)cc3C(F)(F)F)C2=O)c1)C1COC1. The lowest BCUT2D eigenvalue weighted by Gasteiger charge is -2.39. The lowest BCUT2D eigenvalue weighted by Crippen LogP contribution is -2.47. The van der Waals surface area contributed by atoms with Crippen LogP contribution in [0, 0.1) is 12.8 Å². The molecule has 1 atom stereocenters. The normalized spacial score (nSPS) is 19.7. The highest BCUT2D eigenvalue weighted by molar-refractivity contribution is 6.10. The second-order valence-electron chi connectivity index (χ2n) is 11.0. The zero-order valence-electron chi connectivity index (χ0n) is 21.4. The van der Waals surface area contributed by atoms with Gasteiger partial charge in [0.25, 0.3) is 5.91 Å². The third-order valence-corrected chi connectivity index (χ3v) is 8.23. The molecule has 7 nitrogen and oxygen atoms in total. The fraction of sp³-hybridized carbons (Fsp3) is 0.464. The number of aryl methyl sites for hydroxylation is 1. The van der Waals surface area contributed by atoms with Crippen LogP contribution < -0.4 is 10.2 Å². The number of carbonyl (C=O) groups excluding carboxylic acids is 1. The van der Waals surface area contributed by atoms with Crippen molar-refractivity contribution in [3.63, 3.8) is 0 Å². The topological polar surface area (TPSA) is 72.3 Å². The first kappa shape index (κ1) is 25.1. The van der Waals surface area contributed by atoms with E-state index in [0.29, 0.717) is 24.5 Å². The molecule has 1 amide bonds. The number of halogens is 3. The molecule has 1 saturated carbocycles. The van der Waals surface area contributed by atoms with E-state index in [4.69, 9.17) is 4.74 Å². The third kappa shape index (κ3) is 4.39. The number of hydrogen-bond donors (Lipinski definition) is 1. The van der Waals surface area contributed by atoms with E-state index < -0.39 is 17.6 Å². The number of nitrogens with one attached hydrogen (secondary N) is 1. The van der Waals surface area contributed by atoms with Crippen molar-refractivity contribution in [1.29, 1.82) is 0 Å². The first-order chi connectivity index (χ1) is 18.1. The van der Waals surface area contributed by atoms with Crippen LogP contribution in [-0.2, 0) is 24.0 Å². The van der Waals surface area contributed by atoms with E-state index in [-0.39, 0.29) is 41.7 Å². The average molecular weight is 526 g/mol. The Labute approximate surface area is 219 Å². The maximum atomic E-state index is 14.2. The number of alkyl halides is 3. The highest BCUT2D eigenvalue weighted by atomic mass is 19.4. The van der Waals surface area contributed by atoms with Crippen molar-refractivity contribution in [2.45, 2.75) is 64.0 Å². The minimum Gasteiger partial charge on any atom is -0.381 e. The number of nitrogens with zero attached hydrogens (tertiary/aromatic N) is 4. The van der Waals surface area contributed by atoms with Crippen molar-refractivity contribution in [2.75, 3.05) is 18.1 Å². The lowest BCUT2D eigenvalue weighted by molar-refractivity contribution is -0.138. The molecule has 10 heteroatoms. The van der Waals surface area contributed by atoms with Crippen molar-refractivity contribution in [3.05, 3.63) is 76.1 Å². The summed E-state index contributed by atoms with van der Waals surface area (Å²) in [6.07, 6.45) is 0.232. The number of amides is 1. The fourth-order valence-corrected chi connectivity index (χ4v) is 5.73. The van der Waals surface area contributed by atoms with Gasteiger partial charge in [0.2, 0.25) is 0 Å². The van der Waals surface area contributed by atoms with Crippen molar-refractivity contribution >= 4 is 11.6 Å². The first-order valence-corrected chi connectivity index (χ1v) is 13.0. The van der Waals surface area contributed by atoms with Gasteiger partial charge < -0.3 is 15.0 Å². The molecule has 3 aromatic rings. The van der Waals surface area contributed by atoms with Crippen LogP contribution in [0.25, 0.3) is 0 Å². The molecule has 0 bridgehead atoms. The van der Waals surface area contributed by atoms with E-state index >= 15 is 0 Å². The van der Waals surface area contributed by atoms with Crippen LogP contribution in [0.1, 0.15) is 70.5 Å². The minimum absolute atomic E-state index is 0.0302. The Hall–Kier alpha value is -3.24. The molecular formula is C28H30F3N5O2. The van der Waals surface area contributed by atoms with Gasteiger partial charge in [-0.15, -0.1) is 5.10 Å². The van der Waals surface area contributed by atoms with Gasteiger partial charge in [-0.3, -0.25) is 4.79 Å². The summed E-state index contributed by atoms with van der Waals surface area (Å²) in [5.41, 5.74) is 2.19. The van der Waals surface area contributed by atoms with Crippen molar-refractivity contribution in [1.82, 2.24) is 20.3 Å². The molecule has 0 spiro atoms. The van der Waals surface area contributed by atoms with Crippen LogP contribution in [0.15, 0.2) is 42.6 Å². The predicted molar refractivity (Wildman–Crippen MR) is 135 cm³/mol. The monoisotopic (exact) mass is 525 g/mol. The quantitative estimate of drug-likeness (QED) is 0.468. The van der Waals surface area contributed by atoms with Crippen LogP contribution in [0.4, 0.5) is 18.9 Å². The average Bonchev–Trinajstić information content (AvgIpc) is 3.40. The second-order valence-corrected chi connectivity index (χ2v) is 11.0. The summed E-state index contributed by atoms with van der Waals surface area (Å²) in [6, 6.07) is 10.1. The molecule has 6 rings (SSSR count). The summed E-state index contributed by atoms with van der Waals surface area (Å²) in [5.74, 6) is -0.235. The van der Waals surface area contributed by atoms with Gasteiger partial charge in [0.15, 0.2) is 0 Å². The van der Waals surface area contributed by atoms with E-state index in [1.807, 2.05) is 29.8 Å². The van der Waals surface area contributed by atoms with Gasteiger partial charge in [-0.2, -0.15) is 13.2 Å². The Morgan fingerprint density at radius 1 is 1.21 bits per heavy atom. The molecule has 1 unspecified atom stereocenters. The first-order valence-electron chi connectivity index (χ1n) is 13.0. The van der Waals surface area contributed by atoms with Gasteiger partial charge >= 0.3 is 6.18 Å². The number of carbonyl (C=O) groups is 1. The van der Waals surface area contributed by atoms with E-state index in [2.05, 4.69) is 22.6 Å². The molecule has 2 aromatic carbocycles. The maximum absolute atomic E-state index is 14.2. The Bertz CT molecular complexity index is 1380. The zero-order valence-corrected chi connectivity index (χ0v) is 21.4. The Morgan fingerprint density at radius 3 is 2.61 bits per heavy atom. The van der Waals surface area contributed by atoms with E-state index in [9.17, 15) is 18.0 Å². The summed E-state index contributed by atoms with van der Waals surface area (Å²) in [6.45, 7) is 5.32. The van der Waals surface area contributed by atoms with Crippen molar-refractivity contribution in [2.24, 2.45) is 5.92 Å². The van der Waals surface area contributed by atoms with Crippen LogP contribution in [0.2, 0.25) is 0 Å². The Morgan fingerprint density at radius 2 is 2.00 bits per heavy atom. The van der Waals surface area contributed by atoms with Crippen LogP contribution >= 0.6 is 0 Å². The summed E-state index contributed by atoms with van der Waals surface area (Å²) < 4.78 is 49.7. The Balaban J connectivity index is 1.33. The predicted octanol–water partition coefficient (Wildman–Crippen LogP) is 5.03. The molecular weight excluding hydrogens is 495 g/mol. The largest absolute Gasteiger partial charge is 0.416 e. The van der Waals surface area contributed by atoms with Gasteiger partial charge in [0.05, 0.1) is 43.3 Å². The molecule has 1 aliphatic carbocycles. The fourth-order valence-electron chi connectivity index (χ4n) is 5.73. The molecule has 200 valence electrons. The molecule has 38 heavy (non-hydrogen) atoms. The van der Waals surface area contributed by atoms with E-state index in [0.717, 1.165) is 30.5 Å². The van der Waals surface area contributed by atoms with E-state index in [1.165, 1.54) is 11.0 Å². The van der Waals surface area contributed by atoms with Gasteiger partial charge in [0, 0.05) is 29.3 Å². The summed E-state index contributed by atoms with van der Waals surface area (Å²) in [4.78, 5) is 15.0. The van der Waals surface area contributed by atoms with Crippen LogP contribution in [-0.4, -0.2) is 39.7 Å². The molecule has 1 saturated heterocycles. The maximum Gasteiger partial charge on any atom is 0.416 e. The van der Waals surface area contributed by atoms with Gasteiger partial charge in [0.1, 0.15) is 0 Å². The van der Waals surface area contributed by atoms with Gasteiger partial charge in [-0.05, 0) is 74.1 Å². The van der Waals surface area contributed by atoms with Crippen LogP contribution in [0.5, 0.6) is 0 Å². The summed E-state index contributed by atoms with van der Waals surface area (Å²) in [7, 11) is 0. The van der Waals surface area contributed by atoms with E-state index in [1.54, 1.807) is 18.3 Å². The number of benzene rings is 2. The minimum atomic E-state index is -4.56. The lowest BCUT2D eigenvalue weighted by atomic mass is 9.78. The highest BCUT2D eigenvalue weighted by Crippen LogP contribution is 2.41. The number of fused-ring (bicyclic) bond motifs is 1. The number of hydrogen-bond acceptors (Lipinski definition) is 5. The molecule has 2 fully saturated rings. The highest BCUT2D eigenvalue weighted by Gasteiger charge is 2.41. The molecule has 0 radical (unpaired) electrons. The number of aromatic nitrogens is 3. The zero-order chi connectivity index (χ0) is 26.7. The molecule has 1 aromatic heterocycles. The molecule has 2 aliphatic heterocycles. The third-order valence-electron chi connectivity index (χ3n) is 8.23. The molecule has 3 heterocycles. The molecule has 3 aliphatic rings. The smallest absolute Gasteiger partial charge is 0.381 e. The molecule has 1 N–H and O–H groups in total. The second kappa shape index (κ2) is 9.20. The van der Waals surface area contributed by atoms with Crippen molar-refractivity contribution < 1.29 is 22.7 Å². The standard InChI is InChI=1S/C28H30F3N5O2/c1-17-12-33-34-36(17)25(20-15-38-16-20)19-5-3-6-21(11-19)35-14-23-22(26(35)37)9-18(10-24(23)28(29,30)31)13-32-27(2)7-4-8-27/h3,5-6,9-12,20,25,32H,4,7-8,13-16H2,1-2H3. The number of rotatable bonds is 7. The summed E-state index contributed by atoms with van der Waals surface area (Å²) >= 11 is 0. The summed E-state index contributed by atoms with van der Waals surface area (Å²) in [5, 5.41) is 11.7.